The van der Waals surface area contributed by atoms with E-state index in [4.69, 9.17) is 4.74 Å². The Morgan fingerprint density at radius 1 is 1.08 bits per heavy atom. The van der Waals surface area contributed by atoms with Gasteiger partial charge in [-0.05, 0) is 42.0 Å². The van der Waals surface area contributed by atoms with Gasteiger partial charge in [-0.3, -0.25) is 9.59 Å². The molecule has 1 saturated heterocycles. The van der Waals surface area contributed by atoms with E-state index in [2.05, 4.69) is 25.8 Å². The lowest BCUT2D eigenvalue weighted by molar-refractivity contribution is -0.139. The number of nitrogens with zero attached hydrogens (tertiary/aromatic N) is 3. The summed E-state index contributed by atoms with van der Waals surface area (Å²) in [7, 11) is 0. The van der Waals surface area contributed by atoms with Crippen LogP contribution in [0, 0.1) is 0 Å². The molecule has 7 nitrogen and oxygen atoms in total. The Bertz CT molecular complexity index is 1250. The summed E-state index contributed by atoms with van der Waals surface area (Å²) in [6, 6.07) is 14.3. The van der Waals surface area contributed by atoms with Crippen LogP contribution in [0.25, 0.3) is 5.76 Å². The first kappa shape index (κ1) is 26.2. The average molecular weight is 502 g/mol. The second-order valence-electron chi connectivity index (χ2n) is 9.70. The fourth-order valence-corrected chi connectivity index (χ4v) is 4.59. The molecular weight excluding hydrogens is 466 g/mol. The molecule has 1 amide bonds. The third-order valence-corrected chi connectivity index (χ3v) is 6.71. The van der Waals surface area contributed by atoms with Crippen molar-refractivity contribution in [3.8, 4) is 5.75 Å². The highest BCUT2D eigenvalue weighted by Gasteiger charge is 2.45. The predicted octanol–water partition coefficient (Wildman–Crippen LogP) is 5.70. The number of Topliss-reactive ketones (excluding diaryl/α,β-unsaturated/α-hetero) is 1. The lowest BCUT2D eigenvalue weighted by atomic mass is 9.93. The summed E-state index contributed by atoms with van der Waals surface area (Å²) in [4.78, 5) is 32.2. The van der Waals surface area contributed by atoms with Crippen molar-refractivity contribution in [2.75, 3.05) is 13.2 Å². The number of aliphatic hydroxyl groups excluding tert-OH is 1. The molecule has 194 valence electrons. The minimum Gasteiger partial charge on any atom is -0.507 e. The molecule has 0 radical (unpaired) electrons. The van der Waals surface area contributed by atoms with Crippen LogP contribution in [-0.2, 0) is 16.1 Å². The van der Waals surface area contributed by atoms with E-state index in [1.54, 1.807) is 35.6 Å². The Balaban J connectivity index is 1.70. The molecule has 2 aromatic carbocycles. The summed E-state index contributed by atoms with van der Waals surface area (Å²) < 4.78 is 7.74. The third kappa shape index (κ3) is 5.93. The number of carbonyl (C=O) groups is 2. The molecule has 1 fully saturated rings. The maximum Gasteiger partial charge on any atom is 0.295 e. The molecule has 7 heteroatoms. The van der Waals surface area contributed by atoms with Gasteiger partial charge in [0.15, 0.2) is 0 Å². The number of hydrogen-bond donors (Lipinski definition) is 1. The molecule has 4 rings (SSSR count). The third-order valence-electron chi connectivity index (χ3n) is 6.71. The molecule has 3 aromatic rings. The van der Waals surface area contributed by atoms with Crippen LogP contribution in [0.2, 0.25) is 0 Å². The molecule has 0 spiro atoms. The van der Waals surface area contributed by atoms with Crippen LogP contribution in [0.3, 0.4) is 0 Å². The number of unbranched alkanes of at least 4 members (excludes halogenated alkanes) is 1. The molecular formula is C30H35N3O4. The minimum atomic E-state index is -0.673. The van der Waals surface area contributed by atoms with Crippen molar-refractivity contribution >= 4 is 17.4 Å². The number of ether oxygens (including phenoxy) is 1. The summed E-state index contributed by atoms with van der Waals surface area (Å²) in [6.45, 7) is 7.94. The number of rotatable bonds is 11. The van der Waals surface area contributed by atoms with Crippen LogP contribution >= 0.6 is 0 Å². The van der Waals surface area contributed by atoms with Crippen molar-refractivity contribution in [1.82, 2.24) is 14.5 Å². The molecule has 0 bridgehead atoms. The second-order valence-corrected chi connectivity index (χ2v) is 9.70. The molecule has 37 heavy (non-hydrogen) atoms. The zero-order valence-corrected chi connectivity index (χ0v) is 21.8. The van der Waals surface area contributed by atoms with Gasteiger partial charge >= 0.3 is 0 Å². The van der Waals surface area contributed by atoms with Crippen LogP contribution in [0.1, 0.15) is 68.7 Å². The van der Waals surface area contributed by atoms with Gasteiger partial charge in [0.2, 0.25) is 0 Å². The number of aliphatic hydroxyl groups is 1. The molecule has 1 N–H and O–H groups in total. The quantitative estimate of drug-likeness (QED) is 0.158. The first-order chi connectivity index (χ1) is 17.9. The number of imidazole rings is 1. The lowest BCUT2D eigenvalue weighted by Gasteiger charge is -2.26. The van der Waals surface area contributed by atoms with Gasteiger partial charge in [-0.1, -0.05) is 63.6 Å². The summed E-state index contributed by atoms with van der Waals surface area (Å²) in [5.74, 6) is -0.485. The van der Waals surface area contributed by atoms with Gasteiger partial charge in [-0.25, -0.2) is 4.98 Å². The Hall–Kier alpha value is -3.87. The fraction of sp³-hybridized carbons (Fsp3) is 0.367. The average Bonchev–Trinajstić information content (AvgIpc) is 3.51. The summed E-state index contributed by atoms with van der Waals surface area (Å²) in [6.07, 6.45) is 7.89. The highest BCUT2D eigenvalue weighted by atomic mass is 16.5. The number of aromatic nitrogens is 2. The second kappa shape index (κ2) is 11.9. The van der Waals surface area contributed by atoms with E-state index in [-0.39, 0.29) is 11.3 Å². The van der Waals surface area contributed by atoms with Gasteiger partial charge in [-0.15, -0.1) is 0 Å². The van der Waals surface area contributed by atoms with Crippen molar-refractivity contribution < 1.29 is 19.4 Å². The summed E-state index contributed by atoms with van der Waals surface area (Å²) >= 11 is 0. The number of aryl methyl sites for hydroxylation is 1. The van der Waals surface area contributed by atoms with Gasteiger partial charge in [0.25, 0.3) is 11.7 Å². The van der Waals surface area contributed by atoms with E-state index < -0.39 is 17.7 Å². The highest BCUT2D eigenvalue weighted by molar-refractivity contribution is 6.46. The maximum absolute atomic E-state index is 13.3. The number of hydrogen-bond acceptors (Lipinski definition) is 5. The molecule has 1 aliphatic rings. The number of benzene rings is 2. The minimum absolute atomic E-state index is 0.107. The molecule has 1 aromatic heterocycles. The number of ketones is 1. The maximum atomic E-state index is 13.3. The van der Waals surface area contributed by atoms with Crippen molar-refractivity contribution in [1.29, 1.82) is 0 Å². The van der Waals surface area contributed by atoms with E-state index in [1.807, 2.05) is 41.1 Å². The fourth-order valence-electron chi connectivity index (χ4n) is 4.59. The Kier molecular flexibility index (Phi) is 8.43. The largest absolute Gasteiger partial charge is 0.507 e. The highest BCUT2D eigenvalue weighted by Crippen LogP contribution is 2.40. The Morgan fingerprint density at radius 2 is 1.86 bits per heavy atom. The molecule has 1 atom stereocenters. The van der Waals surface area contributed by atoms with Crippen molar-refractivity contribution in [3.63, 3.8) is 0 Å². The monoisotopic (exact) mass is 501 g/mol. The van der Waals surface area contributed by atoms with Gasteiger partial charge in [0.05, 0.1) is 24.5 Å². The number of likely N-dealkylation sites (tertiary alicyclic amines) is 1. The van der Waals surface area contributed by atoms with E-state index >= 15 is 0 Å². The van der Waals surface area contributed by atoms with Gasteiger partial charge < -0.3 is 19.3 Å². The summed E-state index contributed by atoms with van der Waals surface area (Å²) in [5.41, 5.74) is 2.52. The van der Waals surface area contributed by atoms with Crippen LogP contribution in [-0.4, -0.2) is 44.4 Å². The van der Waals surface area contributed by atoms with Crippen LogP contribution < -0.4 is 4.74 Å². The first-order valence-electron chi connectivity index (χ1n) is 13.0. The predicted molar refractivity (Wildman–Crippen MR) is 143 cm³/mol. The number of carbonyl (C=O) groups excluding carboxylic acids is 2. The molecule has 0 aliphatic carbocycles. The van der Waals surface area contributed by atoms with Crippen LogP contribution in [0.15, 0.2) is 72.8 Å². The Labute approximate surface area is 218 Å². The van der Waals surface area contributed by atoms with Gasteiger partial charge in [0, 0.05) is 31.0 Å². The van der Waals surface area contributed by atoms with Crippen molar-refractivity contribution in [3.05, 3.63) is 89.5 Å². The molecule has 1 aliphatic heterocycles. The topological polar surface area (TPSA) is 84.7 Å². The van der Waals surface area contributed by atoms with Gasteiger partial charge in [-0.2, -0.15) is 0 Å². The Morgan fingerprint density at radius 3 is 2.54 bits per heavy atom. The first-order valence-corrected chi connectivity index (χ1v) is 13.0. The number of amides is 1. The van der Waals surface area contributed by atoms with E-state index in [0.29, 0.717) is 43.3 Å². The lowest BCUT2D eigenvalue weighted by Crippen LogP contribution is -2.31. The molecule has 0 saturated carbocycles. The van der Waals surface area contributed by atoms with Gasteiger partial charge in [0.1, 0.15) is 11.5 Å². The zero-order chi connectivity index (χ0) is 26.4. The van der Waals surface area contributed by atoms with Crippen molar-refractivity contribution in [2.24, 2.45) is 0 Å². The molecule has 1 unspecified atom stereocenters. The SMILES string of the molecule is CCCCOc1cccc(C(O)=C2C(=O)C(=O)N(CCCn3ccnc3)C2c2ccc(C(C)C)cc2)c1. The van der Waals surface area contributed by atoms with E-state index in [9.17, 15) is 14.7 Å². The molecule has 2 heterocycles. The van der Waals surface area contributed by atoms with Crippen molar-refractivity contribution in [2.45, 2.75) is 58.5 Å². The van der Waals surface area contributed by atoms with E-state index in [1.165, 1.54) is 0 Å². The summed E-state index contributed by atoms with van der Waals surface area (Å²) in [5, 5.41) is 11.4. The van der Waals surface area contributed by atoms with Crippen LogP contribution in [0.4, 0.5) is 0 Å². The van der Waals surface area contributed by atoms with E-state index in [0.717, 1.165) is 24.0 Å². The van der Waals surface area contributed by atoms with Crippen LogP contribution in [0.5, 0.6) is 5.75 Å². The zero-order valence-electron chi connectivity index (χ0n) is 21.8. The normalized spacial score (nSPS) is 17.1. The standard InChI is InChI=1S/C30H35N3O4/c1-4-5-18-37-25-9-6-8-24(19-25)28(34)26-27(23-12-10-22(11-13-23)21(2)3)33(30(36)29(26)35)16-7-15-32-17-14-31-20-32/h6,8-14,17,19-21,27,34H,4-5,7,15-16,18H2,1-3H3. The smallest absolute Gasteiger partial charge is 0.295 e.